The molecule has 0 heterocycles. The highest BCUT2D eigenvalue weighted by Crippen LogP contribution is 2.53. The van der Waals surface area contributed by atoms with Crippen LogP contribution in [-0.2, 0) is 20.4 Å². The van der Waals surface area contributed by atoms with E-state index >= 15 is 0 Å². The lowest BCUT2D eigenvalue weighted by Gasteiger charge is -2.23. The fraction of sp³-hybridized carbons (Fsp3) is 0.333. The molecule has 0 saturated heterocycles. The summed E-state index contributed by atoms with van der Waals surface area (Å²) < 4.78 is 0. The van der Waals surface area contributed by atoms with Gasteiger partial charge in [0.15, 0.2) is 0 Å². The van der Waals surface area contributed by atoms with Crippen molar-refractivity contribution in [2.24, 2.45) is 0 Å². The molecule has 2 bridgehead atoms. The zero-order valence-corrected chi connectivity index (χ0v) is 17.4. The third-order valence-electron chi connectivity index (χ3n) is 6.20. The molecule has 3 unspecified atom stereocenters. The standard InChI is InChI=1S/C24H27BO4/c1-4-15(11-17(8-10-25)21(26)27)16-5-6-19-20(12-16)24(3)13-18(22(28)29)7-9-23(19,2)14-24/h5-13,15H,4,14,25H2,1-3H3,(H,26,27)(H,28,29)/b10-8+,17-11+. The SMILES string of the molecule is B/C=C/C(=C\C(CC)c1ccc2c(c1)C1(C)C=C(C(=O)O)C=CC2(C)C1)C(=O)O. The molecule has 0 radical (unpaired) electrons. The largest absolute Gasteiger partial charge is 0.478 e. The first-order valence-corrected chi connectivity index (χ1v) is 10.0. The van der Waals surface area contributed by atoms with Gasteiger partial charge >= 0.3 is 11.9 Å². The van der Waals surface area contributed by atoms with E-state index in [1.165, 1.54) is 5.56 Å². The number of aliphatic carboxylic acids is 2. The number of fused-ring (bicyclic) bond motifs is 5. The Morgan fingerprint density at radius 1 is 1.21 bits per heavy atom. The number of benzene rings is 1. The Labute approximate surface area is 172 Å². The van der Waals surface area contributed by atoms with Gasteiger partial charge in [0.1, 0.15) is 7.85 Å². The van der Waals surface area contributed by atoms with Crippen LogP contribution in [0.25, 0.3) is 0 Å². The van der Waals surface area contributed by atoms with Crippen molar-refractivity contribution in [3.05, 3.63) is 82.4 Å². The first-order chi connectivity index (χ1) is 13.6. The van der Waals surface area contributed by atoms with E-state index < -0.39 is 11.9 Å². The van der Waals surface area contributed by atoms with Gasteiger partial charge < -0.3 is 10.2 Å². The van der Waals surface area contributed by atoms with Gasteiger partial charge in [-0.1, -0.05) is 69.4 Å². The van der Waals surface area contributed by atoms with E-state index in [9.17, 15) is 19.8 Å². The highest BCUT2D eigenvalue weighted by molar-refractivity contribution is 6.17. The average Bonchev–Trinajstić information content (AvgIpc) is 2.78. The summed E-state index contributed by atoms with van der Waals surface area (Å²) in [5.74, 6) is -0.147. The van der Waals surface area contributed by atoms with Crippen LogP contribution in [0.2, 0.25) is 0 Å². The average molecular weight is 390 g/mol. The maximum Gasteiger partial charge on any atom is 0.335 e. The normalized spacial score (nSPS) is 26.7. The zero-order chi connectivity index (χ0) is 21.4. The maximum atomic E-state index is 11.6. The van der Waals surface area contributed by atoms with Gasteiger partial charge in [0.25, 0.3) is 0 Å². The van der Waals surface area contributed by atoms with Gasteiger partial charge in [-0.3, -0.25) is 0 Å². The van der Waals surface area contributed by atoms with Gasteiger partial charge in [-0.15, -0.1) is 5.98 Å². The molecule has 0 fully saturated rings. The predicted molar refractivity (Wildman–Crippen MR) is 117 cm³/mol. The molecular weight excluding hydrogens is 363 g/mol. The molecule has 1 aromatic rings. The molecule has 3 rings (SSSR count). The van der Waals surface area contributed by atoms with Crippen LogP contribution in [0, 0.1) is 0 Å². The summed E-state index contributed by atoms with van der Waals surface area (Å²) in [6.07, 6.45) is 10.6. The van der Waals surface area contributed by atoms with E-state index in [0.717, 1.165) is 24.0 Å². The first kappa shape index (κ1) is 20.9. The molecule has 0 amide bonds. The van der Waals surface area contributed by atoms with E-state index in [-0.39, 0.29) is 22.3 Å². The van der Waals surface area contributed by atoms with Crippen LogP contribution in [0.1, 0.15) is 56.2 Å². The molecule has 2 N–H and O–H groups in total. The van der Waals surface area contributed by atoms with E-state index in [1.54, 1.807) is 32.0 Å². The minimum atomic E-state index is -0.936. The Morgan fingerprint density at radius 3 is 2.52 bits per heavy atom. The van der Waals surface area contributed by atoms with Crippen LogP contribution in [0.4, 0.5) is 0 Å². The van der Waals surface area contributed by atoms with Crippen molar-refractivity contribution in [1.82, 2.24) is 0 Å². The Balaban J connectivity index is 2.13. The van der Waals surface area contributed by atoms with Crippen molar-refractivity contribution in [3.63, 3.8) is 0 Å². The first-order valence-electron chi connectivity index (χ1n) is 10.0. The van der Waals surface area contributed by atoms with Gasteiger partial charge in [-0.05, 0) is 29.5 Å². The van der Waals surface area contributed by atoms with Crippen LogP contribution < -0.4 is 0 Å². The van der Waals surface area contributed by atoms with Crippen molar-refractivity contribution in [2.45, 2.75) is 50.4 Å². The second kappa shape index (κ2) is 7.55. The number of carboxylic acids is 2. The predicted octanol–water partition coefficient (Wildman–Crippen LogP) is 3.84. The third kappa shape index (κ3) is 3.74. The monoisotopic (exact) mass is 390 g/mol. The molecule has 1 aromatic carbocycles. The molecule has 29 heavy (non-hydrogen) atoms. The molecule has 2 aliphatic rings. The summed E-state index contributed by atoms with van der Waals surface area (Å²) in [4.78, 5) is 23.2. The highest BCUT2D eigenvalue weighted by Gasteiger charge is 2.46. The van der Waals surface area contributed by atoms with E-state index in [1.807, 2.05) is 19.1 Å². The van der Waals surface area contributed by atoms with Crippen molar-refractivity contribution in [3.8, 4) is 0 Å². The summed E-state index contributed by atoms with van der Waals surface area (Å²) in [6, 6.07) is 6.36. The third-order valence-corrected chi connectivity index (χ3v) is 6.20. The topological polar surface area (TPSA) is 74.6 Å². The highest BCUT2D eigenvalue weighted by atomic mass is 16.4. The van der Waals surface area contributed by atoms with Gasteiger partial charge in [-0.2, -0.15) is 0 Å². The quantitative estimate of drug-likeness (QED) is 0.440. The molecule has 4 nitrogen and oxygen atoms in total. The van der Waals surface area contributed by atoms with Gasteiger partial charge in [-0.25, -0.2) is 9.59 Å². The van der Waals surface area contributed by atoms with Crippen LogP contribution in [0.15, 0.2) is 65.7 Å². The zero-order valence-electron chi connectivity index (χ0n) is 17.4. The Hall–Kier alpha value is -2.82. The lowest BCUT2D eigenvalue weighted by atomic mass is 9.79. The van der Waals surface area contributed by atoms with E-state index in [4.69, 9.17) is 0 Å². The summed E-state index contributed by atoms with van der Waals surface area (Å²) in [6.45, 7) is 6.29. The Morgan fingerprint density at radius 2 is 1.93 bits per heavy atom. The second-order valence-corrected chi connectivity index (χ2v) is 8.50. The molecule has 150 valence electrons. The second-order valence-electron chi connectivity index (χ2n) is 8.50. The summed E-state index contributed by atoms with van der Waals surface area (Å²) in [5, 5.41) is 19.0. The Kier molecular flexibility index (Phi) is 5.44. The molecule has 0 aromatic heterocycles. The number of rotatable bonds is 6. The summed E-state index contributed by atoms with van der Waals surface area (Å²) in [5.41, 5.74) is 3.41. The Bertz CT molecular complexity index is 985. The molecule has 3 atom stereocenters. The number of carboxylic acid groups (broad SMARTS) is 2. The smallest absolute Gasteiger partial charge is 0.335 e. The maximum absolute atomic E-state index is 11.6. The van der Waals surface area contributed by atoms with E-state index in [2.05, 4.69) is 32.0 Å². The van der Waals surface area contributed by atoms with Gasteiger partial charge in [0.2, 0.25) is 0 Å². The molecule has 0 spiro atoms. The van der Waals surface area contributed by atoms with Crippen molar-refractivity contribution < 1.29 is 19.8 Å². The molecule has 0 saturated carbocycles. The van der Waals surface area contributed by atoms with Crippen molar-refractivity contribution >= 4 is 19.8 Å². The fourth-order valence-electron chi connectivity index (χ4n) is 4.84. The lowest BCUT2D eigenvalue weighted by molar-refractivity contribution is -0.133. The summed E-state index contributed by atoms with van der Waals surface area (Å²) >= 11 is 0. The minimum Gasteiger partial charge on any atom is -0.478 e. The van der Waals surface area contributed by atoms with Crippen molar-refractivity contribution in [1.29, 1.82) is 0 Å². The number of carbonyl (C=O) groups is 2. The van der Waals surface area contributed by atoms with Crippen LogP contribution in [0.5, 0.6) is 0 Å². The summed E-state index contributed by atoms with van der Waals surface area (Å²) in [7, 11) is 1.80. The fourth-order valence-corrected chi connectivity index (χ4v) is 4.84. The molecular formula is C24H27BO4. The molecule has 2 aliphatic carbocycles. The van der Waals surface area contributed by atoms with E-state index in [0.29, 0.717) is 5.57 Å². The minimum absolute atomic E-state index is 0.0277. The van der Waals surface area contributed by atoms with Crippen LogP contribution >= 0.6 is 0 Å². The number of allylic oxidation sites excluding steroid dienone is 3. The lowest BCUT2D eigenvalue weighted by Crippen LogP contribution is -2.20. The van der Waals surface area contributed by atoms with Crippen molar-refractivity contribution in [2.75, 3.05) is 0 Å². The van der Waals surface area contributed by atoms with Gasteiger partial charge in [0, 0.05) is 16.7 Å². The van der Waals surface area contributed by atoms with Crippen LogP contribution in [0.3, 0.4) is 0 Å². The van der Waals surface area contributed by atoms with Crippen LogP contribution in [-0.4, -0.2) is 30.0 Å². The number of hydrogen-bond donors (Lipinski definition) is 2. The number of hydrogen-bond acceptors (Lipinski definition) is 2. The molecule has 0 aliphatic heterocycles. The van der Waals surface area contributed by atoms with Gasteiger partial charge in [0.05, 0.1) is 11.1 Å². The molecule has 5 heteroatoms.